The number of rotatable bonds is 4. The van der Waals surface area contributed by atoms with Crippen LogP contribution in [-0.4, -0.2) is 22.5 Å². The molecule has 0 saturated carbocycles. The molecule has 3 rings (SSSR count). The number of likely N-dealkylation sites (tertiary alicyclic amines) is 1. The number of carbonyl (C=O) groups excluding carboxylic acids is 1. The predicted molar refractivity (Wildman–Crippen MR) is 76.8 cm³/mol. The first-order chi connectivity index (χ1) is 9.81. The van der Waals surface area contributed by atoms with E-state index in [2.05, 4.69) is 0 Å². The van der Waals surface area contributed by atoms with Crippen molar-refractivity contribution in [2.45, 2.75) is 12.6 Å². The summed E-state index contributed by atoms with van der Waals surface area (Å²) >= 11 is 0. The number of aliphatic hydroxyl groups is 1. The van der Waals surface area contributed by atoms with Gasteiger partial charge in [-0.1, -0.05) is 60.7 Å². The molecule has 1 saturated heterocycles. The molecule has 0 aromatic heterocycles. The van der Waals surface area contributed by atoms with E-state index in [9.17, 15) is 9.90 Å². The fraction of sp³-hybridized carbons (Fsp3) is 0.235. The van der Waals surface area contributed by atoms with Crippen molar-refractivity contribution in [3.63, 3.8) is 0 Å². The van der Waals surface area contributed by atoms with Gasteiger partial charge in [0.15, 0.2) is 0 Å². The van der Waals surface area contributed by atoms with E-state index in [1.807, 2.05) is 65.6 Å². The summed E-state index contributed by atoms with van der Waals surface area (Å²) in [4.78, 5) is 14.0. The summed E-state index contributed by atoms with van der Waals surface area (Å²) < 4.78 is 0. The van der Waals surface area contributed by atoms with Crippen LogP contribution in [0, 0.1) is 5.92 Å². The summed E-state index contributed by atoms with van der Waals surface area (Å²) in [6.07, 6.45) is 0. The van der Waals surface area contributed by atoms with E-state index in [0.717, 1.165) is 11.1 Å². The Morgan fingerprint density at radius 3 is 2.15 bits per heavy atom. The van der Waals surface area contributed by atoms with E-state index >= 15 is 0 Å². The summed E-state index contributed by atoms with van der Waals surface area (Å²) in [6.45, 7) is 0.499. The molecule has 0 spiro atoms. The van der Waals surface area contributed by atoms with Crippen molar-refractivity contribution in [1.82, 2.24) is 4.90 Å². The highest BCUT2D eigenvalue weighted by Gasteiger charge is 2.47. The fourth-order valence-corrected chi connectivity index (χ4v) is 2.82. The quantitative estimate of drug-likeness (QED) is 0.864. The summed E-state index contributed by atoms with van der Waals surface area (Å²) in [5, 5.41) is 9.42. The number of hydrogen-bond acceptors (Lipinski definition) is 2. The second-order valence-corrected chi connectivity index (χ2v) is 5.10. The normalized spacial score (nSPS) is 21.6. The zero-order chi connectivity index (χ0) is 13.9. The molecule has 3 heteroatoms. The van der Waals surface area contributed by atoms with E-state index < -0.39 is 0 Å². The molecule has 0 bridgehead atoms. The van der Waals surface area contributed by atoms with Crippen LogP contribution in [0.4, 0.5) is 0 Å². The summed E-state index contributed by atoms with van der Waals surface area (Å²) in [6, 6.07) is 19.8. The number of benzene rings is 2. The Bertz CT molecular complexity index is 582. The van der Waals surface area contributed by atoms with Crippen molar-refractivity contribution in [1.29, 1.82) is 0 Å². The van der Waals surface area contributed by atoms with Crippen LogP contribution in [0.3, 0.4) is 0 Å². The Balaban J connectivity index is 1.84. The molecule has 1 N–H and O–H groups in total. The average Bonchev–Trinajstić information content (AvgIpc) is 2.51. The lowest BCUT2D eigenvalue weighted by Crippen LogP contribution is -2.55. The van der Waals surface area contributed by atoms with E-state index in [-0.39, 0.29) is 24.5 Å². The Morgan fingerprint density at radius 2 is 1.55 bits per heavy atom. The standard InChI is InChI=1S/C17H17NO2/c19-12-15-16(14-9-5-2-6-10-14)18(17(15)20)11-13-7-3-1-4-8-13/h1-10,15-16,19H,11-12H2/t15-,16-/m1/s1. The van der Waals surface area contributed by atoms with E-state index in [1.54, 1.807) is 0 Å². The predicted octanol–water partition coefficient (Wildman–Crippen LogP) is 2.38. The monoisotopic (exact) mass is 267 g/mol. The minimum absolute atomic E-state index is 0.0195. The van der Waals surface area contributed by atoms with Crippen LogP contribution in [0.15, 0.2) is 60.7 Å². The Morgan fingerprint density at radius 1 is 0.950 bits per heavy atom. The number of β-lactam (4-membered cyclic amide) rings is 1. The first-order valence-corrected chi connectivity index (χ1v) is 6.81. The SMILES string of the molecule is O=C1[C@H](CO)[C@@H](c2ccccc2)N1Cc1ccccc1. The summed E-state index contributed by atoms with van der Waals surface area (Å²) in [7, 11) is 0. The van der Waals surface area contributed by atoms with Crippen LogP contribution in [-0.2, 0) is 11.3 Å². The highest BCUT2D eigenvalue weighted by Crippen LogP contribution is 2.40. The summed E-state index contributed by atoms with van der Waals surface area (Å²) in [5.74, 6) is -0.272. The van der Waals surface area contributed by atoms with Crippen LogP contribution in [0.25, 0.3) is 0 Å². The van der Waals surface area contributed by atoms with Crippen molar-refractivity contribution in [2.75, 3.05) is 6.61 Å². The van der Waals surface area contributed by atoms with Gasteiger partial charge >= 0.3 is 0 Å². The zero-order valence-corrected chi connectivity index (χ0v) is 11.1. The Hall–Kier alpha value is -2.13. The first kappa shape index (κ1) is 12.9. The van der Waals surface area contributed by atoms with Crippen LogP contribution < -0.4 is 0 Å². The van der Waals surface area contributed by atoms with Gasteiger partial charge in [0.25, 0.3) is 0 Å². The third kappa shape index (κ3) is 2.21. The van der Waals surface area contributed by atoms with Crippen molar-refractivity contribution in [3.8, 4) is 0 Å². The molecule has 2 aromatic rings. The number of nitrogens with zero attached hydrogens (tertiary/aromatic N) is 1. The van der Waals surface area contributed by atoms with E-state index in [0.29, 0.717) is 6.54 Å². The molecule has 20 heavy (non-hydrogen) atoms. The van der Waals surface area contributed by atoms with Crippen molar-refractivity contribution < 1.29 is 9.90 Å². The lowest BCUT2D eigenvalue weighted by Gasteiger charge is -2.47. The number of carbonyl (C=O) groups is 1. The zero-order valence-electron chi connectivity index (χ0n) is 11.1. The molecule has 1 heterocycles. The molecule has 1 amide bonds. The molecule has 0 radical (unpaired) electrons. The molecule has 1 aliphatic rings. The Kier molecular flexibility index (Phi) is 3.52. The van der Waals surface area contributed by atoms with Crippen LogP contribution in [0.2, 0.25) is 0 Å². The molecule has 2 atom stereocenters. The molecule has 0 unspecified atom stereocenters. The van der Waals surface area contributed by atoms with Gasteiger partial charge in [0, 0.05) is 6.54 Å². The van der Waals surface area contributed by atoms with Gasteiger partial charge in [0.2, 0.25) is 5.91 Å². The molecule has 3 nitrogen and oxygen atoms in total. The topological polar surface area (TPSA) is 40.5 Å². The van der Waals surface area contributed by atoms with Crippen LogP contribution >= 0.6 is 0 Å². The van der Waals surface area contributed by atoms with Crippen molar-refractivity contribution in [3.05, 3.63) is 71.8 Å². The van der Waals surface area contributed by atoms with Gasteiger partial charge in [-0.15, -0.1) is 0 Å². The molecule has 2 aromatic carbocycles. The van der Waals surface area contributed by atoms with Crippen molar-refractivity contribution in [2.24, 2.45) is 5.92 Å². The maximum Gasteiger partial charge on any atom is 0.231 e. The van der Waals surface area contributed by atoms with Gasteiger partial charge in [-0.05, 0) is 11.1 Å². The molecular weight excluding hydrogens is 250 g/mol. The largest absolute Gasteiger partial charge is 0.395 e. The van der Waals surface area contributed by atoms with Gasteiger partial charge in [0.05, 0.1) is 18.6 Å². The third-order valence-electron chi connectivity index (χ3n) is 3.85. The fourth-order valence-electron chi connectivity index (χ4n) is 2.82. The maximum absolute atomic E-state index is 12.1. The minimum atomic E-state index is -0.305. The molecule has 1 aliphatic heterocycles. The average molecular weight is 267 g/mol. The van der Waals surface area contributed by atoms with E-state index in [4.69, 9.17) is 0 Å². The molecular formula is C17H17NO2. The molecule has 102 valence electrons. The van der Waals surface area contributed by atoms with Gasteiger partial charge in [-0.25, -0.2) is 0 Å². The van der Waals surface area contributed by atoms with Gasteiger partial charge < -0.3 is 10.0 Å². The molecule has 1 fully saturated rings. The van der Waals surface area contributed by atoms with Gasteiger partial charge in [-0.3, -0.25) is 4.79 Å². The lowest BCUT2D eigenvalue weighted by molar-refractivity contribution is -0.161. The third-order valence-corrected chi connectivity index (χ3v) is 3.85. The first-order valence-electron chi connectivity index (χ1n) is 6.81. The van der Waals surface area contributed by atoms with Gasteiger partial charge in [-0.2, -0.15) is 0 Å². The molecule has 0 aliphatic carbocycles. The minimum Gasteiger partial charge on any atom is -0.395 e. The number of amides is 1. The highest BCUT2D eigenvalue weighted by molar-refractivity contribution is 5.86. The Labute approximate surface area is 118 Å². The van der Waals surface area contributed by atoms with Gasteiger partial charge in [0.1, 0.15) is 0 Å². The highest BCUT2D eigenvalue weighted by atomic mass is 16.3. The van der Waals surface area contributed by atoms with Crippen LogP contribution in [0.1, 0.15) is 17.2 Å². The number of aliphatic hydroxyl groups excluding tert-OH is 1. The smallest absolute Gasteiger partial charge is 0.231 e. The summed E-state index contributed by atoms with van der Waals surface area (Å²) in [5.41, 5.74) is 2.19. The number of hydrogen-bond donors (Lipinski definition) is 1. The van der Waals surface area contributed by atoms with Crippen molar-refractivity contribution >= 4 is 5.91 Å². The second-order valence-electron chi connectivity index (χ2n) is 5.10. The second kappa shape index (κ2) is 5.47. The van der Waals surface area contributed by atoms with Crippen LogP contribution in [0.5, 0.6) is 0 Å². The lowest BCUT2D eigenvalue weighted by atomic mass is 9.82. The maximum atomic E-state index is 12.1. The van der Waals surface area contributed by atoms with E-state index in [1.165, 1.54) is 0 Å².